The molecule has 130 valence electrons. The Morgan fingerprint density at radius 3 is 2.83 bits per heavy atom. The molecule has 2 rings (SSSR count). The van der Waals surface area contributed by atoms with Gasteiger partial charge in [-0.15, -0.1) is 24.0 Å². The van der Waals surface area contributed by atoms with E-state index in [0.717, 1.165) is 44.0 Å². The number of nitrogens with zero attached hydrogens (tertiary/aromatic N) is 3. The van der Waals surface area contributed by atoms with Crippen molar-refractivity contribution in [3.8, 4) is 0 Å². The van der Waals surface area contributed by atoms with Crippen molar-refractivity contribution in [2.75, 3.05) is 13.1 Å². The summed E-state index contributed by atoms with van der Waals surface area (Å²) in [6, 6.07) is 2.40. The molecule has 0 aliphatic heterocycles. The lowest BCUT2D eigenvalue weighted by Gasteiger charge is -2.11. The molecule has 0 aromatic carbocycles. The maximum atomic E-state index is 11.6. The van der Waals surface area contributed by atoms with Crippen LogP contribution in [0, 0.1) is 0 Å². The van der Waals surface area contributed by atoms with Gasteiger partial charge >= 0.3 is 0 Å². The number of aryl methyl sites for hydroxylation is 1. The number of hydrogen-bond acceptors (Lipinski definition) is 3. The molecule has 0 bridgehead atoms. The molecule has 1 aliphatic carbocycles. The number of guanidine groups is 1. The van der Waals surface area contributed by atoms with E-state index in [1.54, 1.807) is 6.20 Å². The number of aliphatic imine (C=N–C) groups is 1. The molecule has 7 nitrogen and oxygen atoms in total. The van der Waals surface area contributed by atoms with Crippen LogP contribution in [0.3, 0.4) is 0 Å². The van der Waals surface area contributed by atoms with Gasteiger partial charge in [-0.1, -0.05) is 0 Å². The smallest absolute Gasteiger partial charge is 0.220 e. The van der Waals surface area contributed by atoms with E-state index in [4.69, 9.17) is 0 Å². The second-order valence-corrected chi connectivity index (χ2v) is 5.51. The number of nitrogens with one attached hydrogen (secondary N) is 3. The van der Waals surface area contributed by atoms with Crippen molar-refractivity contribution in [3.05, 3.63) is 18.0 Å². The highest BCUT2D eigenvalue weighted by molar-refractivity contribution is 14.0. The van der Waals surface area contributed by atoms with Crippen LogP contribution in [0.15, 0.2) is 17.3 Å². The summed E-state index contributed by atoms with van der Waals surface area (Å²) in [7, 11) is 1.91. The van der Waals surface area contributed by atoms with Crippen LogP contribution in [-0.4, -0.2) is 40.8 Å². The molecule has 0 spiro atoms. The molecule has 3 N–H and O–H groups in total. The van der Waals surface area contributed by atoms with Gasteiger partial charge in [0.1, 0.15) is 0 Å². The predicted octanol–water partition coefficient (Wildman–Crippen LogP) is 1.15. The van der Waals surface area contributed by atoms with E-state index in [9.17, 15) is 4.79 Å². The van der Waals surface area contributed by atoms with Crippen LogP contribution in [0.5, 0.6) is 0 Å². The molecule has 23 heavy (non-hydrogen) atoms. The predicted molar refractivity (Wildman–Crippen MR) is 102 cm³/mol. The van der Waals surface area contributed by atoms with Crippen LogP contribution >= 0.6 is 24.0 Å². The minimum atomic E-state index is 0. The second-order valence-electron chi connectivity index (χ2n) is 5.51. The molecule has 0 radical (unpaired) electrons. The molecule has 0 saturated heterocycles. The number of amides is 1. The normalized spacial score (nSPS) is 14.1. The van der Waals surface area contributed by atoms with Crippen LogP contribution in [0.25, 0.3) is 0 Å². The molecular formula is C15H27IN6O. The number of halogens is 1. The van der Waals surface area contributed by atoms with Gasteiger partial charge in [-0.2, -0.15) is 5.10 Å². The first-order valence-corrected chi connectivity index (χ1v) is 7.97. The standard InChI is InChI=1S/C15H26N6O.HI/c1-3-16-15(18-11-13-8-10-19-21(13)2)17-9-4-5-14(22)20-12-6-7-12;/h8,10,12H,3-7,9,11H2,1-2H3,(H,20,22)(H2,16,17,18);1H. The molecule has 1 amide bonds. The van der Waals surface area contributed by atoms with Gasteiger partial charge in [0.25, 0.3) is 0 Å². The van der Waals surface area contributed by atoms with Gasteiger partial charge in [0.2, 0.25) is 5.91 Å². The lowest BCUT2D eigenvalue weighted by Crippen LogP contribution is -2.38. The van der Waals surface area contributed by atoms with Crippen molar-refractivity contribution in [3.63, 3.8) is 0 Å². The molecule has 1 fully saturated rings. The summed E-state index contributed by atoms with van der Waals surface area (Å²) < 4.78 is 1.81. The molecule has 0 atom stereocenters. The quantitative estimate of drug-likeness (QED) is 0.248. The third-order valence-electron chi connectivity index (χ3n) is 3.48. The van der Waals surface area contributed by atoms with Crippen molar-refractivity contribution in [1.82, 2.24) is 25.7 Å². The van der Waals surface area contributed by atoms with Crippen molar-refractivity contribution >= 4 is 35.8 Å². The Morgan fingerprint density at radius 2 is 2.22 bits per heavy atom. The molecule has 0 unspecified atom stereocenters. The summed E-state index contributed by atoms with van der Waals surface area (Å²) in [5.74, 6) is 0.924. The van der Waals surface area contributed by atoms with Gasteiger partial charge in [0.05, 0.1) is 12.2 Å². The highest BCUT2D eigenvalue weighted by Crippen LogP contribution is 2.18. The maximum Gasteiger partial charge on any atom is 0.220 e. The average molecular weight is 434 g/mol. The Morgan fingerprint density at radius 1 is 1.43 bits per heavy atom. The fourth-order valence-electron chi connectivity index (χ4n) is 2.04. The fourth-order valence-corrected chi connectivity index (χ4v) is 2.04. The molecule has 8 heteroatoms. The van der Waals surface area contributed by atoms with Crippen molar-refractivity contribution in [1.29, 1.82) is 0 Å². The van der Waals surface area contributed by atoms with E-state index in [1.165, 1.54) is 0 Å². The van der Waals surface area contributed by atoms with Gasteiger partial charge in [-0.05, 0) is 32.3 Å². The zero-order chi connectivity index (χ0) is 15.8. The minimum absolute atomic E-state index is 0. The van der Waals surface area contributed by atoms with Gasteiger partial charge in [0, 0.05) is 38.8 Å². The number of rotatable bonds is 8. The summed E-state index contributed by atoms with van der Waals surface area (Å²) >= 11 is 0. The van der Waals surface area contributed by atoms with Crippen molar-refractivity contribution in [2.45, 2.75) is 45.2 Å². The Kier molecular flexibility index (Phi) is 8.97. The Hall–Kier alpha value is -1.32. The van der Waals surface area contributed by atoms with Crippen LogP contribution in [-0.2, 0) is 18.4 Å². The van der Waals surface area contributed by atoms with Gasteiger partial charge in [-0.25, -0.2) is 4.99 Å². The lowest BCUT2D eigenvalue weighted by molar-refractivity contribution is -0.121. The SMILES string of the molecule is CCNC(=NCc1ccnn1C)NCCCC(=O)NC1CC1.I. The fraction of sp³-hybridized carbons (Fsp3) is 0.667. The van der Waals surface area contributed by atoms with E-state index < -0.39 is 0 Å². The Bertz CT molecular complexity index is 512. The van der Waals surface area contributed by atoms with Crippen molar-refractivity contribution < 1.29 is 4.79 Å². The van der Waals surface area contributed by atoms with E-state index in [-0.39, 0.29) is 29.9 Å². The molecule has 1 aromatic heterocycles. The summed E-state index contributed by atoms with van der Waals surface area (Å²) in [5, 5.41) is 13.6. The Labute approximate surface area is 154 Å². The highest BCUT2D eigenvalue weighted by atomic mass is 127. The summed E-state index contributed by atoms with van der Waals surface area (Å²) in [6.45, 7) is 4.15. The average Bonchev–Trinajstić information content (AvgIpc) is 3.21. The monoisotopic (exact) mass is 434 g/mol. The van der Waals surface area contributed by atoms with Crippen LogP contribution in [0.2, 0.25) is 0 Å². The first-order chi connectivity index (χ1) is 10.7. The maximum absolute atomic E-state index is 11.6. The van der Waals surface area contributed by atoms with E-state index in [0.29, 0.717) is 19.0 Å². The van der Waals surface area contributed by atoms with Crippen LogP contribution < -0.4 is 16.0 Å². The third kappa shape index (κ3) is 7.67. The third-order valence-corrected chi connectivity index (χ3v) is 3.48. The molecule has 1 aromatic rings. The highest BCUT2D eigenvalue weighted by Gasteiger charge is 2.22. The number of aromatic nitrogens is 2. The topological polar surface area (TPSA) is 83.3 Å². The van der Waals surface area contributed by atoms with E-state index >= 15 is 0 Å². The van der Waals surface area contributed by atoms with Gasteiger partial charge in [0.15, 0.2) is 5.96 Å². The van der Waals surface area contributed by atoms with Crippen LogP contribution in [0.4, 0.5) is 0 Å². The van der Waals surface area contributed by atoms with Gasteiger partial charge < -0.3 is 16.0 Å². The number of carbonyl (C=O) groups is 1. The van der Waals surface area contributed by atoms with Crippen LogP contribution in [0.1, 0.15) is 38.3 Å². The number of carbonyl (C=O) groups excluding carboxylic acids is 1. The van der Waals surface area contributed by atoms with Gasteiger partial charge in [-0.3, -0.25) is 9.48 Å². The number of hydrogen-bond donors (Lipinski definition) is 3. The largest absolute Gasteiger partial charge is 0.357 e. The first-order valence-electron chi connectivity index (χ1n) is 7.97. The van der Waals surface area contributed by atoms with Crippen molar-refractivity contribution in [2.24, 2.45) is 12.0 Å². The zero-order valence-corrected chi connectivity index (χ0v) is 16.2. The molecule has 1 saturated carbocycles. The second kappa shape index (κ2) is 10.5. The first kappa shape index (κ1) is 19.7. The Balaban J connectivity index is 0.00000264. The van der Waals surface area contributed by atoms with E-state index in [2.05, 4.69) is 26.0 Å². The zero-order valence-electron chi connectivity index (χ0n) is 13.8. The molecule has 1 heterocycles. The lowest BCUT2D eigenvalue weighted by atomic mass is 10.3. The van der Waals surface area contributed by atoms with E-state index in [1.807, 2.05) is 24.7 Å². The molecule has 1 aliphatic rings. The summed E-state index contributed by atoms with van der Waals surface area (Å²) in [5.41, 5.74) is 1.06. The summed E-state index contributed by atoms with van der Waals surface area (Å²) in [4.78, 5) is 16.1. The summed E-state index contributed by atoms with van der Waals surface area (Å²) in [6.07, 6.45) is 5.40. The molecular weight excluding hydrogens is 407 g/mol. The minimum Gasteiger partial charge on any atom is -0.357 e.